The highest BCUT2D eigenvalue weighted by Gasteiger charge is 2.55. The molecule has 9 atom stereocenters. The van der Waals surface area contributed by atoms with E-state index in [1.807, 2.05) is 6.92 Å². The number of nitrogens with one attached hydrogen (secondary N) is 1. The van der Waals surface area contributed by atoms with Crippen LogP contribution in [0.3, 0.4) is 0 Å². The van der Waals surface area contributed by atoms with Gasteiger partial charge < -0.3 is 43.6 Å². The number of aryl methyl sites for hydroxylation is 1. The van der Waals surface area contributed by atoms with Crippen molar-refractivity contribution in [3.63, 3.8) is 0 Å². The number of pyridine rings is 1. The summed E-state index contributed by atoms with van der Waals surface area (Å²) in [5.74, 6) is -6.04. The molecule has 2 fully saturated rings. The molecule has 302 valence electrons. The van der Waals surface area contributed by atoms with Crippen LogP contribution in [-0.4, -0.2) is 106 Å². The molecule has 0 radical (unpaired) electrons. The number of fused-ring (bicyclic) bond motifs is 1. The van der Waals surface area contributed by atoms with Crippen LogP contribution in [0.15, 0.2) is 23.1 Å². The number of carbonyl (C=O) groups is 6. The number of rotatable bonds is 14. The number of amides is 1. The number of ether oxygens (including phenoxy) is 5. The second-order valence-electron chi connectivity index (χ2n) is 13.6. The van der Waals surface area contributed by atoms with Crippen LogP contribution in [0.4, 0.5) is 10.1 Å². The van der Waals surface area contributed by atoms with Gasteiger partial charge in [-0.1, -0.05) is 13.3 Å². The van der Waals surface area contributed by atoms with Crippen LogP contribution in [0, 0.1) is 11.7 Å². The Morgan fingerprint density at radius 2 is 1.60 bits per heavy atom. The summed E-state index contributed by atoms with van der Waals surface area (Å²) in [5, 5.41) is 12.4. The standard InChI is InChI=1S/C37H48FN3O13S/c1-9-11-22-12-28(41(15-22)27-14-26-23(13-25(27)38)30(46)24(36(48)49)16-40(26)10-2)35(47)39-29(17(3)50-18(4)42)31-32(51-19(5)43)33(52-20(6)44)34(53-21(7)45)37(54-31)55-8/h13-14,16-17,22,28-29,31-34,37H,9-12,15H2,1-8H3,(H,39,47)(H,48,49)/t17-,22+,28-,29+,31+,32-,33-,34+,37+/m0/s1. The van der Waals surface area contributed by atoms with E-state index in [0.717, 1.165) is 51.9 Å². The summed E-state index contributed by atoms with van der Waals surface area (Å²) in [4.78, 5) is 90.4. The van der Waals surface area contributed by atoms with Crippen molar-refractivity contribution in [3.05, 3.63) is 39.9 Å². The van der Waals surface area contributed by atoms with Crippen molar-refractivity contribution in [2.24, 2.45) is 5.92 Å². The Morgan fingerprint density at radius 3 is 2.15 bits per heavy atom. The van der Waals surface area contributed by atoms with Gasteiger partial charge in [0.15, 0.2) is 18.3 Å². The van der Waals surface area contributed by atoms with Crippen LogP contribution in [0.2, 0.25) is 0 Å². The number of carboxylic acid groups (broad SMARTS) is 1. The summed E-state index contributed by atoms with van der Waals surface area (Å²) in [6.07, 6.45) is -2.05. The molecule has 18 heteroatoms. The molecule has 3 heterocycles. The Labute approximate surface area is 321 Å². The fourth-order valence-electron chi connectivity index (χ4n) is 7.43. The summed E-state index contributed by atoms with van der Waals surface area (Å²) >= 11 is 1.09. The van der Waals surface area contributed by atoms with E-state index in [2.05, 4.69) is 5.32 Å². The minimum absolute atomic E-state index is 0.00816. The van der Waals surface area contributed by atoms with E-state index < -0.39 is 101 Å². The van der Waals surface area contributed by atoms with E-state index in [1.165, 1.54) is 23.8 Å². The van der Waals surface area contributed by atoms with E-state index >= 15 is 4.39 Å². The van der Waals surface area contributed by atoms with Gasteiger partial charge >= 0.3 is 29.8 Å². The summed E-state index contributed by atoms with van der Waals surface area (Å²) in [5.41, 5.74) is -2.09. The second kappa shape index (κ2) is 18.3. The van der Waals surface area contributed by atoms with Crippen molar-refractivity contribution < 1.29 is 61.9 Å². The first-order chi connectivity index (χ1) is 25.9. The third kappa shape index (κ3) is 9.76. The molecule has 2 saturated heterocycles. The van der Waals surface area contributed by atoms with Crippen LogP contribution < -0.4 is 15.6 Å². The van der Waals surface area contributed by atoms with Crippen LogP contribution in [-0.2, 0) is 54.2 Å². The Morgan fingerprint density at radius 1 is 0.982 bits per heavy atom. The number of esters is 4. The average molecular weight is 794 g/mol. The summed E-state index contributed by atoms with van der Waals surface area (Å²) < 4.78 is 46.3. The molecule has 1 aromatic heterocycles. The molecular formula is C37H48FN3O13S. The molecule has 2 N–H and O–H groups in total. The number of hydrogen-bond donors (Lipinski definition) is 2. The molecular weight excluding hydrogens is 745 g/mol. The monoisotopic (exact) mass is 793 g/mol. The Hall–Kier alpha value is -4.71. The fourth-order valence-corrected chi connectivity index (χ4v) is 8.15. The van der Waals surface area contributed by atoms with E-state index in [1.54, 1.807) is 18.1 Å². The van der Waals surface area contributed by atoms with E-state index in [9.17, 15) is 38.7 Å². The lowest BCUT2D eigenvalue weighted by Crippen LogP contribution is -2.68. The zero-order valence-electron chi connectivity index (χ0n) is 32.0. The number of aromatic carboxylic acids is 1. The largest absolute Gasteiger partial charge is 0.477 e. The highest BCUT2D eigenvalue weighted by atomic mass is 32.2. The van der Waals surface area contributed by atoms with Crippen molar-refractivity contribution in [2.75, 3.05) is 17.7 Å². The van der Waals surface area contributed by atoms with E-state index in [-0.39, 0.29) is 42.0 Å². The predicted molar refractivity (Wildman–Crippen MR) is 197 cm³/mol. The van der Waals surface area contributed by atoms with Crippen molar-refractivity contribution in [1.82, 2.24) is 9.88 Å². The third-order valence-corrected chi connectivity index (χ3v) is 10.5. The van der Waals surface area contributed by atoms with Crippen LogP contribution in [0.1, 0.15) is 78.1 Å². The van der Waals surface area contributed by atoms with Crippen LogP contribution in [0.25, 0.3) is 10.9 Å². The number of carbonyl (C=O) groups excluding carboxylic acids is 5. The molecule has 1 amide bonds. The summed E-state index contributed by atoms with van der Waals surface area (Å²) in [6.45, 7) is 10.2. The van der Waals surface area contributed by atoms with Gasteiger partial charge in [-0.05, 0) is 51.0 Å². The van der Waals surface area contributed by atoms with Gasteiger partial charge in [0.2, 0.25) is 11.3 Å². The molecule has 4 rings (SSSR count). The molecule has 2 aliphatic rings. The lowest BCUT2D eigenvalue weighted by molar-refractivity contribution is -0.239. The number of hydrogen-bond acceptors (Lipinski definition) is 14. The quantitative estimate of drug-likeness (QED) is 0.208. The lowest BCUT2D eigenvalue weighted by atomic mass is 9.91. The maximum Gasteiger partial charge on any atom is 0.341 e. The van der Waals surface area contributed by atoms with Gasteiger partial charge in [-0.2, -0.15) is 0 Å². The maximum atomic E-state index is 16.1. The van der Waals surface area contributed by atoms with Gasteiger partial charge in [-0.25, -0.2) is 9.18 Å². The summed E-state index contributed by atoms with van der Waals surface area (Å²) in [7, 11) is 0. The number of halogens is 1. The smallest absolute Gasteiger partial charge is 0.341 e. The predicted octanol–water partition coefficient (Wildman–Crippen LogP) is 3.17. The molecule has 0 unspecified atom stereocenters. The SMILES string of the molecule is CCC[C@@H]1C[C@@H](C(=O)N[C@@H]([C@H]2O[C@H](SC)[C@H](OC(C)=O)[C@@H](OC(C)=O)[C@H]2OC(C)=O)[C@H](C)OC(C)=O)N(c2cc3c(cc2F)c(=O)c(C(=O)O)cn3CC)C1. The number of benzene rings is 1. The normalized spacial score (nSPS) is 24.7. The van der Waals surface area contributed by atoms with Gasteiger partial charge in [0, 0.05) is 52.4 Å². The minimum atomic E-state index is -1.48. The molecule has 0 saturated carbocycles. The first-order valence-electron chi connectivity index (χ1n) is 18.0. The van der Waals surface area contributed by atoms with Crippen molar-refractivity contribution in [2.45, 2.75) is 122 Å². The van der Waals surface area contributed by atoms with Gasteiger partial charge in [0.25, 0.3) is 0 Å². The van der Waals surface area contributed by atoms with E-state index in [0.29, 0.717) is 6.42 Å². The molecule has 1 aromatic carbocycles. The molecule has 16 nitrogen and oxygen atoms in total. The number of anilines is 1. The second-order valence-corrected chi connectivity index (χ2v) is 14.6. The minimum Gasteiger partial charge on any atom is -0.477 e. The van der Waals surface area contributed by atoms with E-state index in [4.69, 9.17) is 23.7 Å². The maximum absolute atomic E-state index is 16.1. The summed E-state index contributed by atoms with van der Waals surface area (Å²) in [6, 6.07) is 0.120. The van der Waals surface area contributed by atoms with Crippen molar-refractivity contribution >= 4 is 64.1 Å². The molecule has 2 aromatic rings. The van der Waals surface area contributed by atoms with Crippen LogP contribution >= 0.6 is 11.8 Å². The third-order valence-electron chi connectivity index (χ3n) is 9.61. The molecule has 2 aliphatic heterocycles. The number of carboxylic acids is 1. The Bertz CT molecular complexity index is 1870. The highest BCUT2D eigenvalue weighted by Crippen LogP contribution is 2.38. The number of nitrogens with zero attached hydrogens (tertiary/aromatic N) is 2. The first kappa shape index (κ1) is 43.0. The zero-order valence-corrected chi connectivity index (χ0v) is 32.8. The Balaban J connectivity index is 1.83. The first-order valence-corrected chi connectivity index (χ1v) is 19.2. The lowest BCUT2D eigenvalue weighted by Gasteiger charge is -2.47. The molecule has 0 spiro atoms. The number of aromatic nitrogens is 1. The molecule has 0 aliphatic carbocycles. The number of thioether (sulfide) groups is 1. The van der Waals surface area contributed by atoms with Gasteiger partial charge in [-0.15, -0.1) is 11.8 Å². The van der Waals surface area contributed by atoms with Gasteiger partial charge in [0.05, 0.1) is 17.2 Å². The zero-order chi connectivity index (χ0) is 40.9. The Kier molecular flexibility index (Phi) is 14.3. The highest BCUT2D eigenvalue weighted by molar-refractivity contribution is 7.99. The van der Waals surface area contributed by atoms with Crippen molar-refractivity contribution in [1.29, 1.82) is 0 Å². The molecule has 0 bridgehead atoms. The van der Waals surface area contributed by atoms with Gasteiger partial charge in [-0.3, -0.25) is 28.8 Å². The van der Waals surface area contributed by atoms with Gasteiger partial charge in [0.1, 0.15) is 35.1 Å². The topological polar surface area (TPSA) is 206 Å². The van der Waals surface area contributed by atoms with Crippen LogP contribution in [0.5, 0.6) is 0 Å². The average Bonchev–Trinajstić information content (AvgIpc) is 3.51. The fraction of sp³-hybridized carbons (Fsp3) is 0.595. The van der Waals surface area contributed by atoms with Crippen molar-refractivity contribution in [3.8, 4) is 0 Å². The molecule has 55 heavy (non-hydrogen) atoms.